The lowest BCUT2D eigenvalue weighted by Crippen LogP contribution is -2.49. The maximum absolute atomic E-state index is 2.51. The summed E-state index contributed by atoms with van der Waals surface area (Å²) in [5, 5.41) is 2.03. The highest BCUT2D eigenvalue weighted by molar-refractivity contribution is 7.29. The second-order valence-electron chi connectivity index (χ2n) is 5.87. The third kappa shape index (κ3) is 3.31. The van der Waals surface area contributed by atoms with Crippen LogP contribution in [0, 0.1) is 6.92 Å². The normalized spacial score (nSPS) is 12.7. The first-order chi connectivity index (χ1) is 6.72. The van der Waals surface area contributed by atoms with E-state index in [1.807, 2.05) is 0 Å². The molecule has 0 fully saturated rings. The van der Waals surface area contributed by atoms with Crippen molar-refractivity contribution >= 4 is 21.8 Å². The molecule has 1 aromatic carbocycles. The van der Waals surface area contributed by atoms with E-state index in [1.165, 1.54) is 10.8 Å². The van der Waals surface area contributed by atoms with Gasteiger partial charge in [-0.1, -0.05) is 68.7 Å². The minimum Gasteiger partial charge on any atom is -0.433 e. The van der Waals surface area contributed by atoms with E-state index in [4.69, 9.17) is 0 Å². The molecule has 0 aliphatic heterocycles. The van der Waals surface area contributed by atoms with E-state index in [-0.39, 0.29) is 0 Å². The van der Waals surface area contributed by atoms with Crippen LogP contribution in [0.5, 0.6) is 0 Å². The molecule has 1 radical (unpaired) electrons. The van der Waals surface area contributed by atoms with Crippen LogP contribution in [0.3, 0.4) is 0 Å². The van der Waals surface area contributed by atoms with Gasteiger partial charge in [-0.25, -0.2) is 5.19 Å². The van der Waals surface area contributed by atoms with Gasteiger partial charge < -0.3 is 9.04 Å². The van der Waals surface area contributed by atoms with Crippen molar-refractivity contribution in [3.8, 4) is 0 Å². The Hall–Kier alpha value is -0.346. The SMILES string of the molecule is Cc1ccc([Si-][Si](C)(C)C(C)(C)C)cc1. The lowest BCUT2D eigenvalue weighted by Gasteiger charge is -2.49. The molecule has 0 aromatic heterocycles. The Morgan fingerprint density at radius 1 is 1.00 bits per heavy atom. The molecule has 2 heteroatoms. The predicted octanol–water partition coefficient (Wildman–Crippen LogP) is 3.33. The highest BCUT2D eigenvalue weighted by Gasteiger charge is 2.24. The van der Waals surface area contributed by atoms with Crippen LogP contribution in [0.15, 0.2) is 24.3 Å². The smallest absolute Gasteiger partial charge is 0.0398 e. The van der Waals surface area contributed by atoms with Crippen molar-refractivity contribution in [3.05, 3.63) is 29.8 Å². The minimum absolute atomic E-state index is 0.496. The van der Waals surface area contributed by atoms with Crippen molar-refractivity contribution in [2.45, 2.75) is 45.8 Å². The topological polar surface area (TPSA) is 0 Å². The van der Waals surface area contributed by atoms with Gasteiger partial charge in [-0.2, -0.15) is 0 Å². The average Bonchev–Trinajstić information content (AvgIpc) is 2.06. The first-order valence-electron chi connectivity index (χ1n) is 5.57. The molecule has 0 amide bonds. The van der Waals surface area contributed by atoms with Crippen LogP contribution >= 0.6 is 0 Å². The van der Waals surface area contributed by atoms with Crippen LogP contribution in [-0.4, -0.2) is 16.6 Å². The molecule has 0 N–H and O–H groups in total. The highest BCUT2D eigenvalue weighted by atomic mass is 29.2. The maximum Gasteiger partial charge on any atom is -0.0398 e. The standard InChI is InChI=1S/C13H22Si2/c1-11-7-9-12(10-8-11)14-15(5,6)13(2,3)4/h7-10H,1-6H3/q-1. The first-order valence-corrected chi connectivity index (χ1v) is 10.6. The van der Waals surface area contributed by atoms with E-state index in [0.717, 1.165) is 9.04 Å². The van der Waals surface area contributed by atoms with Crippen LogP contribution in [0.1, 0.15) is 26.3 Å². The fraction of sp³-hybridized carbons (Fsp3) is 0.538. The Morgan fingerprint density at radius 3 is 1.87 bits per heavy atom. The molecule has 0 saturated carbocycles. The fourth-order valence-electron chi connectivity index (χ4n) is 1.19. The molecular formula is C13H22Si2-. The third-order valence-electron chi connectivity index (χ3n) is 3.38. The number of aryl methyl sites for hydroxylation is 1. The first kappa shape index (κ1) is 12.7. The van der Waals surface area contributed by atoms with Gasteiger partial charge in [0, 0.05) is 0 Å². The summed E-state index contributed by atoms with van der Waals surface area (Å²) in [6.07, 6.45) is 0. The second kappa shape index (κ2) is 4.26. The zero-order chi connectivity index (χ0) is 11.7. The Morgan fingerprint density at radius 2 is 1.47 bits per heavy atom. The van der Waals surface area contributed by atoms with Gasteiger partial charge in [0.1, 0.15) is 0 Å². The van der Waals surface area contributed by atoms with Crippen LogP contribution in [0.2, 0.25) is 18.1 Å². The van der Waals surface area contributed by atoms with Crippen molar-refractivity contribution in [2.24, 2.45) is 0 Å². The molecule has 1 rings (SSSR count). The predicted molar refractivity (Wildman–Crippen MR) is 73.8 cm³/mol. The summed E-state index contributed by atoms with van der Waals surface area (Å²) in [6, 6.07) is 9.06. The van der Waals surface area contributed by atoms with E-state index in [1.54, 1.807) is 0 Å². The van der Waals surface area contributed by atoms with Gasteiger partial charge >= 0.3 is 0 Å². The fourth-order valence-corrected chi connectivity index (χ4v) is 6.41. The van der Waals surface area contributed by atoms with Crippen LogP contribution in [0.25, 0.3) is 0 Å². The number of hydrogen-bond donors (Lipinski definition) is 0. The van der Waals surface area contributed by atoms with Gasteiger partial charge in [0.15, 0.2) is 0 Å². The molecule has 0 unspecified atom stereocenters. The van der Waals surface area contributed by atoms with Gasteiger partial charge in [0.05, 0.1) is 0 Å². The zero-order valence-corrected chi connectivity index (χ0v) is 12.8. The van der Waals surface area contributed by atoms with Crippen LogP contribution < -0.4 is 5.19 Å². The van der Waals surface area contributed by atoms with Gasteiger partial charge in [0.2, 0.25) is 0 Å². The number of rotatable bonds is 2. The molecule has 0 spiro atoms. The number of hydrogen-bond acceptors (Lipinski definition) is 0. The Kier molecular flexibility index (Phi) is 3.61. The second-order valence-corrected chi connectivity index (χ2v) is 15.9. The summed E-state index contributed by atoms with van der Waals surface area (Å²) in [4.78, 5) is 0. The monoisotopic (exact) mass is 234 g/mol. The van der Waals surface area contributed by atoms with Gasteiger partial charge in [-0.05, 0) is 6.92 Å². The summed E-state index contributed by atoms with van der Waals surface area (Å²) < 4.78 is 0. The summed E-state index contributed by atoms with van der Waals surface area (Å²) in [6.45, 7) is 14.3. The van der Waals surface area contributed by atoms with E-state index < -0.39 is 7.59 Å². The molecule has 0 nitrogen and oxygen atoms in total. The molecule has 0 bridgehead atoms. The van der Waals surface area contributed by atoms with Crippen LogP contribution in [0.4, 0.5) is 0 Å². The highest BCUT2D eigenvalue weighted by Crippen LogP contribution is 2.34. The third-order valence-corrected chi connectivity index (χ3v) is 13.4. The summed E-state index contributed by atoms with van der Waals surface area (Å²) >= 11 is 0. The molecular weight excluding hydrogens is 212 g/mol. The molecule has 15 heavy (non-hydrogen) atoms. The lowest BCUT2D eigenvalue weighted by atomic mass is 10.2. The van der Waals surface area contributed by atoms with Crippen molar-refractivity contribution in [1.82, 2.24) is 0 Å². The average molecular weight is 234 g/mol. The Balaban J connectivity index is 2.82. The molecule has 0 atom stereocenters. The van der Waals surface area contributed by atoms with E-state index in [9.17, 15) is 0 Å². The van der Waals surface area contributed by atoms with Gasteiger partial charge in [0.25, 0.3) is 0 Å². The zero-order valence-electron chi connectivity index (χ0n) is 10.8. The largest absolute Gasteiger partial charge is 0.433 e. The van der Waals surface area contributed by atoms with Gasteiger partial charge in [-0.15, -0.1) is 7.59 Å². The Labute approximate surface area is 97.7 Å². The summed E-state index contributed by atoms with van der Waals surface area (Å²) in [5.41, 5.74) is 1.36. The molecule has 1 aromatic rings. The summed E-state index contributed by atoms with van der Waals surface area (Å²) in [5.74, 6) is 0. The summed E-state index contributed by atoms with van der Waals surface area (Å²) in [7, 11) is -0.118. The van der Waals surface area contributed by atoms with Crippen molar-refractivity contribution < 1.29 is 0 Å². The maximum atomic E-state index is 2.51. The quantitative estimate of drug-likeness (QED) is 0.689. The molecule has 0 aliphatic rings. The van der Waals surface area contributed by atoms with Crippen molar-refractivity contribution in [1.29, 1.82) is 0 Å². The van der Waals surface area contributed by atoms with E-state index >= 15 is 0 Å². The molecule has 0 saturated heterocycles. The van der Waals surface area contributed by atoms with Crippen LogP contribution in [-0.2, 0) is 0 Å². The Bertz CT molecular complexity index is 317. The van der Waals surface area contributed by atoms with Crippen molar-refractivity contribution in [3.63, 3.8) is 0 Å². The minimum atomic E-state index is -1.14. The van der Waals surface area contributed by atoms with E-state index in [2.05, 4.69) is 65.1 Å². The van der Waals surface area contributed by atoms with E-state index in [0.29, 0.717) is 5.04 Å². The number of benzene rings is 1. The molecule has 0 aliphatic carbocycles. The molecule has 83 valence electrons. The van der Waals surface area contributed by atoms with Gasteiger partial charge in [-0.3, -0.25) is 0 Å². The molecule has 0 heterocycles. The van der Waals surface area contributed by atoms with Crippen molar-refractivity contribution in [2.75, 3.05) is 0 Å². The lowest BCUT2D eigenvalue weighted by molar-refractivity contribution is 0.735.